The van der Waals surface area contributed by atoms with E-state index in [2.05, 4.69) is 36.4 Å². The van der Waals surface area contributed by atoms with Crippen molar-refractivity contribution in [1.82, 2.24) is 14.5 Å². The molecule has 0 aliphatic rings. The third-order valence-electron chi connectivity index (χ3n) is 4.01. The van der Waals surface area contributed by atoms with Gasteiger partial charge >= 0.3 is 0 Å². The maximum Gasteiger partial charge on any atom is 0.110 e. The van der Waals surface area contributed by atoms with Crippen LogP contribution in [0.3, 0.4) is 0 Å². The summed E-state index contributed by atoms with van der Waals surface area (Å²) < 4.78 is 2.34. The molecule has 4 heteroatoms. The smallest absolute Gasteiger partial charge is 0.110 e. The molecule has 0 aliphatic heterocycles. The van der Waals surface area contributed by atoms with Crippen molar-refractivity contribution in [3.63, 3.8) is 0 Å². The molecule has 2 aromatic heterocycles. The van der Waals surface area contributed by atoms with Crippen molar-refractivity contribution in [2.45, 2.75) is 52.5 Å². The molecule has 0 saturated heterocycles. The molecule has 1 atom stereocenters. The Hall–Kier alpha value is -1.42. The third kappa shape index (κ3) is 3.18. The van der Waals surface area contributed by atoms with Crippen molar-refractivity contribution < 1.29 is 0 Å². The Morgan fingerprint density at radius 2 is 2.10 bits per heavy atom. The number of nitrogens with two attached hydrogens (primary N) is 1. The molecule has 2 aromatic rings. The molecule has 20 heavy (non-hydrogen) atoms. The molecular formula is C16H26N4. The van der Waals surface area contributed by atoms with E-state index in [1.54, 1.807) is 0 Å². The van der Waals surface area contributed by atoms with Gasteiger partial charge in [-0.1, -0.05) is 13.3 Å². The predicted octanol–water partition coefficient (Wildman–Crippen LogP) is 3.32. The minimum atomic E-state index is 0.423. The second-order valence-corrected chi connectivity index (χ2v) is 5.75. The van der Waals surface area contributed by atoms with Gasteiger partial charge in [0.15, 0.2) is 0 Å². The summed E-state index contributed by atoms with van der Waals surface area (Å²) in [5.41, 5.74) is 7.88. The fourth-order valence-electron chi connectivity index (χ4n) is 2.87. The van der Waals surface area contributed by atoms with Gasteiger partial charge in [-0.3, -0.25) is 4.98 Å². The quantitative estimate of drug-likeness (QED) is 0.842. The van der Waals surface area contributed by atoms with Crippen molar-refractivity contribution in [3.8, 4) is 0 Å². The zero-order valence-corrected chi connectivity index (χ0v) is 12.8. The fourth-order valence-corrected chi connectivity index (χ4v) is 2.87. The number of rotatable bonds is 7. The Kier molecular flexibility index (Phi) is 5.12. The fraction of sp³-hybridized carbons (Fsp3) is 0.625. The average molecular weight is 274 g/mol. The van der Waals surface area contributed by atoms with Crippen molar-refractivity contribution in [2.24, 2.45) is 11.7 Å². The topological polar surface area (TPSA) is 56.7 Å². The Morgan fingerprint density at radius 3 is 2.75 bits per heavy atom. The van der Waals surface area contributed by atoms with Crippen LogP contribution in [-0.2, 0) is 6.42 Å². The van der Waals surface area contributed by atoms with E-state index in [9.17, 15) is 0 Å². The first-order valence-electron chi connectivity index (χ1n) is 7.68. The summed E-state index contributed by atoms with van der Waals surface area (Å²) in [6.45, 7) is 7.45. The Morgan fingerprint density at radius 1 is 1.30 bits per heavy atom. The second-order valence-electron chi connectivity index (χ2n) is 5.75. The summed E-state index contributed by atoms with van der Waals surface area (Å²) >= 11 is 0. The molecule has 0 radical (unpaired) electrons. The zero-order valence-electron chi connectivity index (χ0n) is 12.8. The average Bonchev–Trinajstić information content (AvgIpc) is 2.81. The Balaban J connectivity index is 2.22. The molecule has 2 N–H and O–H groups in total. The monoisotopic (exact) mass is 274 g/mol. The number of aryl methyl sites for hydroxylation is 1. The van der Waals surface area contributed by atoms with Gasteiger partial charge in [0.2, 0.25) is 0 Å². The lowest BCUT2D eigenvalue weighted by Crippen LogP contribution is -2.12. The summed E-state index contributed by atoms with van der Waals surface area (Å²) in [7, 11) is 0. The van der Waals surface area contributed by atoms with Gasteiger partial charge in [0, 0.05) is 18.7 Å². The van der Waals surface area contributed by atoms with Crippen molar-refractivity contribution in [2.75, 3.05) is 6.54 Å². The summed E-state index contributed by atoms with van der Waals surface area (Å²) in [5, 5.41) is 0. The molecule has 0 saturated carbocycles. The molecule has 1 unspecified atom stereocenters. The number of nitrogens with zero attached hydrogens (tertiary/aromatic N) is 3. The van der Waals surface area contributed by atoms with Crippen LogP contribution in [0.2, 0.25) is 0 Å². The van der Waals surface area contributed by atoms with Crippen LogP contribution in [0.4, 0.5) is 0 Å². The molecule has 2 heterocycles. The van der Waals surface area contributed by atoms with Gasteiger partial charge in [0.25, 0.3) is 0 Å². The van der Waals surface area contributed by atoms with Gasteiger partial charge < -0.3 is 10.3 Å². The van der Waals surface area contributed by atoms with Crippen LogP contribution in [0.15, 0.2) is 18.5 Å². The van der Waals surface area contributed by atoms with Crippen LogP contribution in [0.25, 0.3) is 11.0 Å². The second kappa shape index (κ2) is 6.84. The number of pyridine rings is 1. The summed E-state index contributed by atoms with van der Waals surface area (Å²) in [6.07, 6.45) is 8.19. The van der Waals surface area contributed by atoms with E-state index in [1.165, 1.54) is 17.8 Å². The normalized spacial score (nSPS) is 13.2. The van der Waals surface area contributed by atoms with E-state index in [0.29, 0.717) is 12.0 Å². The van der Waals surface area contributed by atoms with E-state index >= 15 is 0 Å². The Labute approximate surface area is 121 Å². The first-order valence-corrected chi connectivity index (χ1v) is 7.68. The number of fused-ring (bicyclic) bond motifs is 1. The van der Waals surface area contributed by atoms with Crippen molar-refractivity contribution in [1.29, 1.82) is 0 Å². The first kappa shape index (κ1) is 15.0. The number of imidazole rings is 1. The molecule has 110 valence electrons. The third-order valence-corrected chi connectivity index (χ3v) is 4.01. The van der Waals surface area contributed by atoms with E-state index in [-0.39, 0.29) is 0 Å². The molecular weight excluding hydrogens is 248 g/mol. The van der Waals surface area contributed by atoms with E-state index in [0.717, 1.165) is 31.3 Å². The van der Waals surface area contributed by atoms with Gasteiger partial charge in [0.05, 0.1) is 11.7 Å². The number of aromatic nitrogens is 3. The highest BCUT2D eigenvalue weighted by molar-refractivity contribution is 5.74. The van der Waals surface area contributed by atoms with Crippen LogP contribution < -0.4 is 5.73 Å². The standard InChI is InChI=1S/C16H26N4/c1-4-13(7-9-17)5-6-16-19-14-11-18-10-8-15(14)20(16)12(2)3/h8,10-13H,4-7,9,17H2,1-3H3. The van der Waals surface area contributed by atoms with Gasteiger partial charge in [-0.2, -0.15) is 0 Å². The summed E-state index contributed by atoms with van der Waals surface area (Å²) in [5.74, 6) is 1.89. The van der Waals surface area contributed by atoms with Gasteiger partial charge in [0.1, 0.15) is 11.3 Å². The van der Waals surface area contributed by atoms with E-state index in [4.69, 9.17) is 10.7 Å². The molecule has 4 nitrogen and oxygen atoms in total. The minimum absolute atomic E-state index is 0.423. The van der Waals surface area contributed by atoms with Crippen LogP contribution in [0.1, 0.15) is 51.9 Å². The van der Waals surface area contributed by atoms with Gasteiger partial charge in [-0.25, -0.2) is 4.98 Å². The predicted molar refractivity (Wildman–Crippen MR) is 83.7 cm³/mol. The number of hydrogen-bond donors (Lipinski definition) is 1. The molecule has 0 spiro atoms. The molecule has 0 fully saturated rings. The van der Waals surface area contributed by atoms with E-state index in [1.807, 2.05) is 12.4 Å². The van der Waals surface area contributed by atoms with Crippen LogP contribution in [-0.4, -0.2) is 21.1 Å². The lowest BCUT2D eigenvalue weighted by molar-refractivity contribution is 0.432. The number of hydrogen-bond acceptors (Lipinski definition) is 3. The Bertz CT molecular complexity index is 544. The van der Waals surface area contributed by atoms with Crippen molar-refractivity contribution >= 4 is 11.0 Å². The van der Waals surface area contributed by atoms with E-state index < -0.39 is 0 Å². The summed E-state index contributed by atoms with van der Waals surface area (Å²) in [6, 6.07) is 2.48. The maximum absolute atomic E-state index is 5.68. The van der Waals surface area contributed by atoms with Crippen LogP contribution in [0, 0.1) is 5.92 Å². The van der Waals surface area contributed by atoms with Crippen molar-refractivity contribution in [3.05, 3.63) is 24.3 Å². The lowest BCUT2D eigenvalue weighted by Gasteiger charge is -2.16. The SMILES string of the molecule is CCC(CCN)CCc1nc2cnccc2n1C(C)C. The highest BCUT2D eigenvalue weighted by atomic mass is 15.1. The van der Waals surface area contributed by atoms with Crippen LogP contribution in [0.5, 0.6) is 0 Å². The van der Waals surface area contributed by atoms with Gasteiger partial charge in [-0.05, 0) is 45.2 Å². The zero-order chi connectivity index (χ0) is 14.5. The highest BCUT2D eigenvalue weighted by Crippen LogP contribution is 2.23. The lowest BCUT2D eigenvalue weighted by atomic mass is 9.96. The molecule has 0 aromatic carbocycles. The first-order chi connectivity index (χ1) is 9.67. The molecule has 0 aliphatic carbocycles. The largest absolute Gasteiger partial charge is 0.330 e. The highest BCUT2D eigenvalue weighted by Gasteiger charge is 2.14. The van der Waals surface area contributed by atoms with Crippen LogP contribution >= 0.6 is 0 Å². The van der Waals surface area contributed by atoms with Gasteiger partial charge in [-0.15, -0.1) is 0 Å². The molecule has 0 amide bonds. The minimum Gasteiger partial charge on any atom is -0.330 e. The summed E-state index contributed by atoms with van der Waals surface area (Å²) in [4.78, 5) is 8.94. The molecule has 2 rings (SSSR count). The maximum atomic E-state index is 5.68. The molecule has 0 bridgehead atoms.